The zero-order valence-electron chi connectivity index (χ0n) is 16.2. The summed E-state index contributed by atoms with van der Waals surface area (Å²) in [5.74, 6) is -0.635. The molecule has 0 N–H and O–H groups in total. The van der Waals surface area contributed by atoms with Gasteiger partial charge in [-0.3, -0.25) is 19.3 Å². The Labute approximate surface area is 184 Å². The number of carbonyl (C=O) groups is 3. The molecule has 0 aliphatic carbocycles. The Kier molecular flexibility index (Phi) is 6.11. The maximum Gasteiger partial charge on any atom is 0.294 e. The van der Waals surface area contributed by atoms with Crippen molar-refractivity contribution in [2.24, 2.45) is 0 Å². The predicted octanol–water partition coefficient (Wildman–Crippen LogP) is 3.73. The van der Waals surface area contributed by atoms with Gasteiger partial charge in [0.1, 0.15) is 6.54 Å². The van der Waals surface area contributed by atoms with E-state index in [4.69, 9.17) is 11.6 Å². The van der Waals surface area contributed by atoms with Crippen molar-refractivity contribution in [2.75, 3.05) is 37.6 Å². The van der Waals surface area contributed by atoms with Gasteiger partial charge in [0.2, 0.25) is 5.91 Å². The summed E-state index contributed by atoms with van der Waals surface area (Å²) in [6.07, 6.45) is 1.68. The molecule has 0 radical (unpaired) electrons. The average molecular weight is 442 g/mol. The molecule has 0 bridgehead atoms. The van der Waals surface area contributed by atoms with Crippen LogP contribution in [0.4, 0.5) is 10.5 Å². The highest BCUT2D eigenvalue weighted by molar-refractivity contribution is 8.18. The largest absolute Gasteiger partial charge is 0.368 e. The van der Waals surface area contributed by atoms with Gasteiger partial charge in [-0.25, -0.2) is 0 Å². The third-order valence-electron chi connectivity index (χ3n) is 5.07. The Balaban J connectivity index is 1.36. The second-order valence-corrected chi connectivity index (χ2v) is 8.46. The molecule has 2 aromatic rings. The summed E-state index contributed by atoms with van der Waals surface area (Å²) in [5, 5.41) is 0.266. The smallest absolute Gasteiger partial charge is 0.294 e. The van der Waals surface area contributed by atoms with Crippen molar-refractivity contribution >= 4 is 52.2 Å². The van der Waals surface area contributed by atoms with Crippen molar-refractivity contribution < 1.29 is 14.4 Å². The first-order chi connectivity index (χ1) is 14.5. The molecule has 2 saturated heterocycles. The van der Waals surface area contributed by atoms with E-state index in [1.54, 1.807) is 11.0 Å². The number of hydrogen-bond donors (Lipinski definition) is 0. The Hall–Kier alpha value is -2.77. The maximum atomic E-state index is 12.7. The molecule has 2 heterocycles. The van der Waals surface area contributed by atoms with Crippen molar-refractivity contribution in [3.05, 3.63) is 70.1 Å². The summed E-state index contributed by atoms with van der Waals surface area (Å²) >= 11 is 6.93. The molecule has 0 unspecified atom stereocenters. The minimum absolute atomic E-state index is 0.219. The van der Waals surface area contributed by atoms with Crippen LogP contribution in [0.25, 0.3) is 6.08 Å². The van der Waals surface area contributed by atoms with E-state index in [1.807, 2.05) is 54.6 Å². The summed E-state index contributed by atoms with van der Waals surface area (Å²) in [4.78, 5) is 42.9. The second-order valence-electron chi connectivity index (χ2n) is 7.03. The van der Waals surface area contributed by atoms with Gasteiger partial charge in [-0.05, 0) is 41.6 Å². The van der Waals surface area contributed by atoms with E-state index >= 15 is 0 Å². The first-order valence-electron chi connectivity index (χ1n) is 9.60. The van der Waals surface area contributed by atoms with Gasteiger partial charge in [0.05, 0.1) is 4.91 Å². The number of amides is 3. The number of imide groups is 1. The molecule has 0 aromatic heterocycles. The Morgan fingerprint density at radius 2 is 1.73 bits per heavy atom. The van der Waals surface area contributed by atoms with E-state index in [9.17, 15) is 14.4 Å². The van der Waals surface area contributed by atoms with Gasteiger partial charge in [0, 0.05) is 36.9 Å². The topological polar surface area (TPSA) is 60.9 Å². The van der Waals surface area contributed by atoms with E-state index in [2.05, 4.69) is 4.90 Å². The van der Waals surface area contributed by atoms with Crippen LogP contribution in [0.5, 0.6) is 0 Å². The van der Waals surface area contributed by atoms with Gasteiger partial charge >= 0.3 is 0 Å². The molecule has 8 heteroatoms. The Morgan fingerprint density at radius 1 is 1.00 bits per heavy atom. The fraction of sp³-hybridized carbons (Fsp3) is 0.227. The zero-order valence-corrected chi connectivity index (χ0v) is 17.7. The highest BCUT2D eigenvalue weighted by Gasteiger charge is 2.37. The van der Waals surface area contributed by atoms with E-state index in [0.29, 0.717) is 36.1 Å². The monoisotopic (exact) mass is 441 g/mol. The van der Waals surface area contributed by atoms with Crippen LogP contribution < -0.4 is 4.90 Å². The van der Waals surface area contributed by atoms with Crippen molar-refractivity contribution in [1.82, 2.24) is 9.80 Å². The summed E-state index contributed by atoms with van der Waals surface area (Å²) in [6, 6.07) is 16.9. The van der Waals surface area contributed by atoms with Crippen LogP contribution in [0.15, 0.2) is 59.5 Å². The molecule has 4 rings (SSSR count). The number of nitrogens with zero attached hydrogens (tertiary/aromatic N) is 3. The summed E-state index contributed by atoms with van der Waals surface area (Å²) < 4.78 is 0. The molecule has 2 aliphatic rings. The van der Waals surface area contributed by atoms with E-state index < -0.39 is 11.1 Å². The predicted molar refractivity (Wildman–Crippen MR) is 119 cm³/mol. The molecule has 2 aromatic carbocycles. The van der Waals surface area contributed by atoms with Crippen molar-refractivity contribution in [3.8, 4) is 0 Å². The lowest BCUT2D eigenvalue weighted by atomic mass is 10.2. The number of hydrogen-bond acceptors (Lipinski definition) is 5. The van der Waals surface area contributed by atoms with Crippen LogP contribution in [0.1, 0.15) is 5.56 Å². The third-order valence-corrected chi connectivity index (χ3v) is 6.21. The highest BCUT2D eigenvalue weighted by Crippen LogP contribution is 2.32. The number of benzene rings is 2. The standard InChI is InChI=1S/C22H20ClN3O3S/c23-17-7-4-8-18(14-17)24-9-11-25(12-10-24)20(27)15-26-21(28)19(30-22(26)29)13-16-5-2-1-3-6-16/h1-8,13-14H,9-12,15H2/b19-13+. The van der Waals surface area contributed by atoms with Crippen LogP contribution in [-0.2, 0) is 9.59 Å². The van der Waals surface area contributed by atoms with Crippen LogP contribution in [0, 0.1) is 0 Å². The Bertz CT molecular complexity index is 1000. The lowest BCUT2D eigenvalue weighted by molar-refractivity contribution is -0.136. The van der Waals surface area contributed by atoms with E-state index in [-0.39, 0.29) is 12.5 Å². The van der Waals surface area contributed by atoms with Gasteiger partial charge in [0.15, 0.2) is 0 Å². The highest BCUT2D eigenvalue weighted by atomic mass is 35.5. The molecular weight excluding hydrogens is 422 g/mol. The van der Waals surface area contributed by atoms with Gasteiger partial charge < -0.3 is 9.80 Å². The quantitative estimate of drug-likeness (QED) is 0.676. The molecular formula is C22H20ClN3O3S. The van der Waals surface area contributed by atoms with Gasteiger partial charge in [-0.2, -0.15) is 0 Å². The molecule has 6 nitrogen and oxygen atoms in total. The molecule has 154 valence electrons. The summed E-state index contributed by atoms with van der Waals surface area (Å²) in [6.45, 7) is 2.17. The number of anilines is 1. The normalized spacial score (nSPS) is 18.4. The van der Waals surface area contributed by atoms with Crippen molar-refractivity contribution in [2.45, 2.75) is 0 Å². The fourth-order valence-electron chi connectivity index (χ4n) is 3.46. The Morgan fingerprint density at radius 3 is 2.43 bits per heavy atom. The summed E-state index contributed by atoms with van der Waals surface area (Å²) in [5.41, 5.74) is 1.86. The van der Waals surface area contributed by atoms with Crippen LogP contribution in [0.3, 0.4) is 0 Å². The molecule has 3 amide bonds. The van der Waals surface area contributed by atoms with Crippen LogP contribution in [0.2, 0.25) is 5.02 Å². The van der Waals surface area contributed by atoms with Gasteiger partial charge in [0.25, 0.3) is 11.1 Å². The molecule has 0 saturated carbocycles. The average Bonchev–Trinajstić information content (AvgIpc) is 3.02. The molecule has 0 atom stereocenters. The summed E-state index contributed by atoms with van der Waals surface area (Å²) in [7, 11) is 0. The van der Waals surface area contributed by atoms with E-state index in [1.165, 1.54) is 0 Å². The van der Waals surface area contributed by atoms with Gasteiger partial charge in [-0.1, -0.05) is 48.0 Å². The molecule has 0 spiro atoms. The van der Waals surface area contributed by atoms with Crippen molar-refractivity contribution in [3.63, 3.8) is 0 Å². The number of halogens is 1. The number of carbonyl (C=O) groups excluding carboxylic acids is 3. The maximum absolute atomic E-state index is 12.7. The van der Waals surface area contributed by atoms with Gasteiger partial charge in [-0.15, -0.1) is 0 Å². The number of piperazine rings is 1. The molecule has 30 heavy (non-hydrogen) atoms. The van der Waals surface area contributed by atoms with E-state index in [0.717, 1.165) is 27.9 Å². The minimum atomic E-state index is -0.417. The molecule has 2 aliphatic heterocycles. The SMILES string of the molecule is O=C(CN1C(=O)S/C(=C/c2ccccc2)C1=O)N1CCN(c2cccc(Cl)c2)CC1. The van der Waals surface area contributed by atoms with Crippen molar-refractivity contribution in [1.29, 1.82) is 0 Å². The lowest BCUT2D eigenvalue weighted by Gasteiger charge is -2.36. The fourth-order valence-corrected chi connectivity index (χ4v) is 4.48. The molecule has 2 fully saturated rings. The lowest BCUT2D eigenvalue weighted by Crippen LogP contribution is -2.51. The second kappa shape index (κ2) is 8.93. The first kappa shape index (κ1) is 20.5. The number of rotatable bonds is 4. The third kappa shape index (κ3) is 4.52. The van der Waals surface area contributed by atoms with Crippen LogP contribution >= 0.6 is 23.4 Å². The minimum Gasteiger partial charge on any atom is -0.368 e. The van der Waals surface area contributed by atoms with Crippen LogP contribution in [-0.4, -0.2) is 59.6 Å². The first-order valence-corrected chi connectivity index (χ1v) is 10.8. The zero-order chi connectivity index (χ0) is 21.1. The number of thioether (sulfide) groups is 1.